The number of nitrogens with zero attached hydrogens (tertiary/aromatic N) is 4. The van der Waals surface area contributed by atoms with Crippen LogP contribution < -0.4 is 5.32 Å². The smallest absolute Gasteiger partial charge is 0.250 e. The molecule has 4 aliphatic carbocycles. The average Bonchev–Trinajstić information content (AvgIpc) is 2.93. The maximum Gasteiger partial charge on any atom is 0.250 e. The first kappa shape index (κ1) is 16.0. The van der Waals surface area contributed by atoms with E-state index < -0.39 is 0 Å². The number of hydrogen-bond donors (Lipinski definition) is 1. The van der Waals surface area contributed by atoms with Crippen LogP contribution in [0.2, 0.25) is 0 Å². The number of rotatable bonds is 3. The van der Waals surface area contributed by atoms with E-state index in [9.17, 15) is 4.79 Å². The molecular formula is C20H25N5O. The van der Waals surface area contributed by atoms with E-state index >= 15 is 0 Å². The zero-order valence-corrected chi connectivity index (χ0v) is 15.4. The lowest BCUT2D eigenvalue weighted by Gasteiger charge is -2.55. The zero-order chi connectivity index (χ0) is 17.9. The molecule has 4 bridgehead atoms. The lowest BCUT2D eigenvalue weighted by molar-refractivity contribution is -0.140. The van der Waals surface area contributed by atoms with Crippen LogP contribution in [0.4, 0.5) is 5.69 Å². The Balaban J connectivity index is 1.34. The summed E-state index contributed by atoms with van der Waals surface area (Å²) in [4.78, 5) is 21.9. The molecule has 6 heteroatoms. The van der Waals surface area contributed by atoms with Crippen LogP contribution in [-0.4, -0.2) is 25.7 Å². The van der Waals surface area contributed by atoms with Crippen molar-refractivity contribution in [3.8, 4) is 5.95 Å². The van der Waals surface area contributed by atoms with E-state index in [2.05, 4.69) is 20.4 Å². The molecule has 0 aliphatic heterocycles. The monoisotopic (exact) mass is 351 g/mol. The first-order valence-corrected chi connectivity index (χ1v) is 9.68. The predicted molar refractivity (Wildman–Crippen MR) is 97.9 cm³/mol. The molecule has 6 rings (SSSR count). The fraction of sp³-hybridized carbons (Fsp3) is 0.600. The van der Waals surface area contributed by atoms with Gasteiger partial charge in [-0.15, -0.1) is 0 Å². The summed E-state index contributed by atoms with van der Waals surface area (Å²) in [5, 5.41) is 7.51. The molecule has 4 fully saturated rings. The Morgan fingerprint density at radius 2 is 1.65 bits per heavy atom. The third-order valence-corrected chi connectivity index (χ3v) is 6.62. The van der Waals surface area contributed by atoms with Gasteiger partial charge in [0.25, 0.3) is 5.95 Å². The molecule has 2 heterocycles. The van der Waals surface area contributed by atoms with Crippen LogP contribution in [0, 0.1) is 37.0 Å². The zero-order valence-electron chi connectivity index (χ0n) is 15.4. The fourth-order valence-electron chi connectivity index (χ4n) is 5.98. The summed E-state index contributed by atoms with van der Waals surface area (Å²) in [5.41, 5.74) is 2.46. The number of nitrogens with one attached hydrogen (secondary N) is 1. The summed E-state index contributed by atoms with van der Waals surface area (Å²) < 4.78 is 1.72. The number of hydrogen-bond acceptors (Lipinski definition) is 4. The average molecular weight is 351 g/mol. The maximum absolute atomic E-state index is 13.1. The molecule has 1 N–H and O–H groups in total. The molecule has 2 aromatic rings. The Kier molecular flexibility index (Phi) is 3.46. The van der Waals surface area contributed by atoms with Gasteiger partial charge in [0.15, 0.2) is 0 Å². The van der Waals surface area contributed by atoms with Crippen molar-refractivity contribution < 1.29 is 4.79 Å². The van der Waals surface area contributed by atoms with E-state index in [0.29, 0.717) is 11.6 Å². The minimum atomic E-state index is -0.150. The normalized spacial score (nSPS) is 32.0. The van der Waals surface area contributed by atoms with Gasteiger partial charge in [0.1, 0.15) is 0 Å². The molecule has 2 aromatic heterocycles. The van der Waals surface area contributed by atoms with Crippen molar-refractivity contribution in [2.24, 2.45) is 23.2 Å². The maximum atomic E-state index is 13.1. The van der Waals surface area contributed by atoms with Gasteiger partial charge in [-0.25, -0.2) is 14.6 Å². The van der Waals surface area contributed by atoms with Crippen LogP contribution >= 0.6 is 0 Å². The van der Waals surface area contributed by atoms with Gasteiger partial charge in [0.2, 0.25) is 5.91 Å². The van der Waals surface area contributed by atoms with Crippen molar-refractivity contribution in [2.45, 2.75) is 52.4 Å². The van der Waals surface area contributed by atoms with Crippen LogP contribution in [0.3, 0.4) is 0 Å². The number of amides is 1. The first-order chi connectivity index (χ1) is 12.5. The Morgan fingerprint density at radius 1 is 1.08 bits per heavy atom. The van der Waals surface area contributed by atoms with E-state index in [0.717, 1.165) is 48.4 Å². The van der Waals surface area contributed by atoms with Gasteiger partial charge in [-0.05, 0) is 76.2 Å². The largest absolute Gasteiger partial charge is 0.323 e. The molecule has 0 saturated heterocycles. The highest BCUT2D eigenvalue weighted by Crippen LogP contribution is 2.60. The molecule has 0 atom stereocenters. The summed E-state index contributed by atoms with van der Waals surface area (Å²) >= 11 is 0. The predicted octanol–water partition coefficient (Wildman–Crippen LogP) is 3.43. The van der Waals surface area contributed by atoms with Crippen molar-refractivity contribution in [2.75, 3.05) is 5.32 Å². The molecule has 0 unspecified atom stereocenters. The molecule has 136 valence electrons. The minimum absolute atomic E-state index is 0.150. The van der Waals surface area contributed by atoms with Crippen LogP contribution in [0.5, 0.6) is 0 Å². The second-order valence-corrected chi connectivity index (χ2v) is 8.76. The highest BCUT2D eigenvalue weighted by molar-refractivity contribution is 5.95. The van der Waals surface area contributed by atoms with Gasteiger partial charge < -0.3 is 5.32 Å². The van der Waals surface area contributed by atoms with Crippen LogP contribution in [-0.2, 0) is 4.79 Å². The molecule has 0 spiro atoms. The molecule has 4 saturated carbocycles. The summed E-state index contributed by atoms with van der Waals surface area (Å²) in [7, 11) is 0. The van der Waals surface area contributed by atoms with E-state index in [1.54, 1.807) is 17.1 Å². The van der Waals surface area contributed by atoms with Crippen molar-refractivity contribution in [1.82, 2.24) is 19.7 Å². The third-order valence-electron chi connectivity index (χ3n) is 6.62. The standard InChI is InChI=1S/C20H25N5O/c1-12-3-13(2)25(24-12)19-21-10-17(11-22-19)23-18(26)20-7-14-4-15(8-20)6-16(5-14)9-20/h3,10-11,14-16H,4-9H2,1-2H3,(H,23,26). The molecule has 26 heavy (non-hydrogen) atoms. The van der Waals surface area contributed by atoms with Gasteiger partial charge in [-0.3, -0.25) is 4.79 Å². The number of anilines is 1. The Morgan fingerprint density at radius 3 is 2.15 bits per heavy atom. The summed E-state index contributed by atoms with van der Waals surface area (Å²) in [6.45, 7) is 3.93. The molecule has 0 radical (unpaired) electrons. The second-order valence-electron chi connectivity index (χ2n) is 8.76. The summed E-state index contributed by atoms with van der Waals surface area (Å²) in [6, 6.07) is 1.99. The van der Waals surface area contributed by atoms with E-state index in [1.165, 1.54) is 19.3 Å². The van der Waals surface area contributed by atoms with Gasteiger partial charge in [0, 0.05) is 5.69 Å². The van der Waals surface area contributed by atoms with Crippen LogP contribution in [0.25, 0.3) is 5.95 Å². The highest BCUT2D eigenvalue weighted by Gasteiger charge is 2.54. The van der Waals surface area contributed by atoms with E-state index in [1.807, 2.05) is 19.9 Å². The highest BCUT2D eigenvalue weighted by atomic mass is 16.2. The van der Waals surface area contributed by atoms with Crippen molar-refractivity contribution >= 4 is 11.6 Å². The second kappa shape index (κ2) is 5.63. The first-order valence-electron chi connectivity index (χ1n) is 9.68. The molecule has 4 aliphatic rings. The number of carbonyl (C=O) groups excluding carboxylic acids is 1. The topological polar surface area (TPSA) is 72.7 Å². The Bertz CT molecular complexity index is 818. The van der Waals surface area contributed by atoms with Crippen LogP contribution in [0.1, 0.15) is 49.9 Å². The quantitative estimate of drug-likeness (QED) is 0.919. The molecule has 1 amide bonds. The molecule has 6 nitrogen and oxygen atoms in total. The molecular weight excluding hydrogens is 326 g/mol. The minimum Gasteiger partial charge on any atom is -0.323 e. The fourth-order valence-corrected chi connectivity index (χ4v) is 5.98. The lowest BCUT2D eigenvalue weighted by Crippen LogP contribution is -2.51. The van der Waals surface area contributed by atoms with Gasteiger partial charge in [0.05, 0.1) is 29.2 Å². The molecule has 0 aromatic carbocycles. The van der Waals surface area contributed by atoms with Crippen molar-refractivity contribution in [3.63, 3.8) is 0 Å². The number of aromatic nitrogens is 4. The third kappa shape index (κ3) is 2.54. The van der Waals surface area contributed by atoms with E-state index in [4.69, 9.17) is 0 Å². The Hall–Kier alpha value is -2.24. The summed E-state index contributed by atoms with van der Waals surface area (Å²) in [5.74, 6) is 2.99. The van der Waals surface area contributed by atoms with Gasteiger partial charge in [-0.1, -0.05) is 0 Å². The van der Waals surface area contributed by atoms with Crippen LogP contribution in [0.15, 0.2) is 18.5 Å². The number of carbonyl (C=O) groups is 1. The van der Waals surface area contributed by atoms with Crippen molar-refractivity contribution in [1.29, 1.82) is 0 Å². The summed E-state index contributed by atoms with van der Waals surface area (Å²) in [6.07, 6.45) is 10.6. The Labute approximate surface area is 153 Å². The van der Waals surface area contributed by atoms with E-state index in [-0.39, 0.29) is 11.3 Å². The SMILES string of the molecule is Cc1cc(C)n(-c2ncc(NC(=O)C34CC5CC(CC(C5)C3)C4)cn2)n1. The van der Waals surface area contributed by atoms with Gasteiger partial charge >= 0.3 is 0 Å². The van der Waals surface area contributed by atoms with Crippen molar-refractivity contribution in [3.05, 3.63) is 29.8 Å². The van der Waals surface area contributed by atoms with Gasteiger partial charge in [-0.2, -0.15) is 5.10 Å². The number of aryl methyl sites for hydroxylation is 2. The lowest BCUT2D eigenvalue weighted by atomic mass is 9.49.